The van der Waals surface area contributed by atoms with Crippen LogP contribution in [-0.2, 0) is 24.4 Å². The molecule has 3 heterocycles. The van der Waals surface area contributed by atoms with E-state index >= 15 is 0 Å². The van der Waals surface area contributed by atoms with Crippen LogP contribution in [0.4, 0.5) is 18.0 Å². The van der Waals surface area contributed by atoms with Gasteiger partial charge in [0.2, 0.25) is 27.7 Å². The first-order valence-electron chi connectivity index (χ1n) is 19.7. The van der Waals surface area contributed by atoms with Crippen LogP contribution in [0.5, 0.6) is 11.6 Å². The smallest absolute Gasteiger partial charge is 0.408 e. The molecule has 318 valence electrons. The molecule has 0 radical (unpaired) electrons. The molecule has 2 aliphatic heterocycles. The molecule has 58 heavy (non-hydrogen) atoms. The molecule has 3 N–H and O–H groups in total. The van der Waals surface area contributed by atoms with Crippen molar-refractivity contribution in [3.05, 3.63) is 42.6 Å². The maximum atomic E-state index is 14.9. The normalized spacial score (nSPS) is 29.3. The van der Waals surface area contributed by atoms with Gasteiger partial charge in [-0.25, -0.2) is 18.2 Å². The van der Waals surface area contributed by atoms with Crippen molar-refractivity contribution in [2.75, 3.05) is 6.54 Å². The Bertz CT molecular complexity index is 2080. The van der Waals surface area contributed by atoms with Gasteiger partial charge in [-0.3, -0.25) is 24.0 Å². The number of sulfonamides is 1. The fourth-order valence-corrected chi connectivity index (χ4v) is 9.49. The van der Waals surface area contributed by atoms with Crippen LogP contribution >= 0.6 is 0 Å². The summed E-state index contributed by atoms with van der Waals surface area (Å²) in [7, 11) is -4.11. The summed E-state index contributed by atoms with van der Waals surface area (Å²) in [6, 6.07) is 1.11. The van der Waals surface area contributed by atoms with Gasteiger partial charge in [-0.05, 0) is 108 Å². The average Bonchev–Trinajstić information content (AvgIpc) is 4.01. The molecule has 8 atom stereocenters. The summed E-state index contributed by atoms with van der Waals surface area (Å²) >= 11 is 0. The Hall–Kier alpha value is -4.61. The molecule has 2 aromatic rings. The number of carbonyl (C=O) groups excluding carboxylic acids is 3. The van der Waals surface area contributed by atoms with E-state index < -0.39 is 86.4 Å². The molecule has 14 nitrogen and oxygen atoms in total. The first kappa shape index (κ1) is 43.0. The molecule has 6 rings (SSSR count). The molecule has 3 fully saturated rings. The number of alkyl halides is 3. The van der Waals surface area contributed by atoms with Gasteiger partial charge in [0, 0.05) is 23.9 Å². The second-order valence-electron chi connectivity index (χ2n) is 17.0. The van der Waals surface area contributed by atoms with Gasteiger partial charge in [-0.1, -0.05) is 26.0 Å². The largest absolute Gasteiger partial charge is 0.491 e. The van der Waals surface area contributed by atoms with Gasteiger partial charge in [0.25, 0.3) is 5.91 Å². The van der Waals surface area contributed by atoms with Gasteiger partial charge in [-0.15, -0.1) is 0 Å². The number of fused-ring (bicyclic) bond motifs is 3. The van der Waals surface area contributed by atoms with Crippen LogP contribution in [-0.4, -0.2) is 105 Å². The van der Waals surface area contributed by atoms with Crippen LogP contribution in [0.1, 0.15) is 86.5 Å². The molecule has 1 aromatic heterocycles. The van der Waals surface area contributed by atoms with E-state index in [1.54, 1.807) is 30.3 Å². The number of allylic oxidation sites excluding steroid dienone is 1. The summed E-state index contributed by atoms with van der Waals surface area (Å²) in [5.74, 6) is -3.80. The first-order valence-corrected chi connectivity index (χ1v) is 21.2. The number of nitrogens with zero attached hydrogens (tertiary/aromatic N) is 3. The van der Waals surface area contributed by atoms with Crippen LogP contribution in [0.2, 0.25) is 0 Å². The van der Waals surface area contributed by atoms with E-state index in [0.29, 0.717) is 49.1 Å². The minimum Gasteiger partial charge on any atom is -0.491 e. The maximum absolute atomic E-state index is 14.9. The standard InChI is InChI=1S/C40H52F3N5O9S/c1-22(2)56-28-11-12-30-26(18-28)13-16-44-34(30)57-29-19-31-33(49)45-39(36(51)46-58(54,55)38(6)14-15-38)20-27(39)10-8-7-9-23(3)17-24(4)32(35(50)47(31)21-29)48(37(52)53)25(5)40(41,42)43/h8,10-13,16,18,22-25,27,29,31-32H,7,9,14-15,17,19-21H2,1-6H3,(H,45,49)(H,46,51)(H,52,53)/t23-,24+,25+,27+,29+,31-,32-,39+/m0/s1. The van der Waals surface area contributed by atoms with E-state index in [1.165, 1.54) is 20.0 Å². The molecular weight excluding hydrogens is 784 g/mol. The molecule has 0 spiro atoms. The maximum Gasteiger partial charge on any atom is 0.408 e. The molecule has 2 aliphatic carbocycles. The zero-order valence-corrected chi connectivity index (χ0v) is 34.2. The Morgan fingerprint density at radius 1 is 1.12 bits per heavy atom. The number of pyridine rings is 1. The van der Waals surface area contributed by atoms with Crippen molar-refractivity contribution < 1.29 is 55.3 Å². The predicted octanol–water partition coefficient (Wildman–Crippen LogP) is 5.56. The Morgan fingerprint density at radius 2 is 1.83 bits per heavy atom. The number of amides is 4. The Labute approximate surface area is 335 Å². The molecule has 1 saturated heterocycles. The van der Waals surface area contributed by atoms with Gasteiger partial charge in [0.05, 0.1) is 17.4 Å². The van der Waals surface area contributed by atoms with Gasteiger partial charge in [0.15, 0.2) is 0 Å². The number of aromatic nitrogens is 1. The second kappa shape index (κ2) is 15.9. The van der Waals surface area contributed by atoms with Crippen molar-refractivity contribution in [2.24, 2.45) is 17.8 Å². The van der Waals surface area contributed by atoms with E-state index in [0.717, 1.165) is 4.90 Å². The van der Waals surface area contributed by atoms with E-state index in [9.17, 15) is 45.9 Å². The number of hydrogen-bond acceptors (Lipinski definition) is 9. The number of rotatable bonds is 9. The summed E-state index contributed by atoms with van der Waals surface area (Å²) < 4.78 is 82.6. The molecule has 4 amide bonds. The number of benzene rings is 1. The Kier molecular flexibility index (Phi) is 11.8. The van der Waals surface area contributed by atoms with E-state index in [1.807, 2.05) is 26.8 Å². The predicted molar refractivity (Wildman–Crippen MR) is 206 cm³/mol. The molecular formula is C40H52F3N5O9S. The van der Waals surface area contributed by atoms with Crippen molar-refractivity contribution in [2.45, 2.75) is 133 Å². The third-order valence-electron chi connectivity index (χ3n) is 12.0. The van der Waals surface area contributed by atoms with Gasteiger partial charge < -0.3 is 24.8 Å². The molecule has 0 bridgehead atoms. The third-order valence-corrected chi connectivity index (χ3v) is 14.1. The number of carboxylic acid groups (broad SMARTS) is 1. The zero-order chi connectivity index (χ0) is 42.5. The van der Waals surface area contributed by atoms with Gasteiger partial charge in [0.1, 0.15) is 35.5 Å². The van der Waals surface area contributed by atoms with Crippen LogP contribution in [0.15, 0.2) is 42.6 Å². The van der Waals surface area contributed by atoms with Crippen LogP contribution in [0.25, 0.3) is 10.8 Å². The van der Waals surface area contributed by atoms with E-state index in [2.05, 4.69) is 15.0 Å². The highest BCUT2D eigenvalue weighted by atomic mass is 32.2. The highest BCUT2D eigenvalue weighted by Gasteiger charge is 2.63. The lowest BCUT2D eigenvalue weighted by molar-refractivity contribution is -0.184. The van der Waals surface area contributed by atoms with Crippen LogP contribution in [0, 0.1) is 17.8 Å². The van der Waals surface area contributed by atoms with Crippen molar-refractivity contribution in [3.63, 3.8) is 0 Å². The molecule has 1 aromatic carbocycles. The topological polar surface area (TPSA) is 185 Å². The summed E-state index contributed by atoms with van der Waals surface area (Å²) in [5, 5.41) is 14.3. The number of halogens is 3. The Balaban J connectivity index is 1.40. The molecule has 4 aliphatic rings. The fourth-order valence-electron chi connectivity index (χ4n) is 8.18. The fraction of sp³-hybridized carbons (Fsp3) is 0.625. The van der Waals surface area contributed by atoms with Crippen molar-refractivity contribution >= 4 is 44.6 Å². The first-order chi connectivity index (χ1) is 27.1. The number of hydrogen-bond donors (Lipinski definition) is 3. The lowest BCUT2D eigenvalue weighted by Gasteiger charge is -2.40. The summed E-state index contributed by atoms with van der Waals surface area (Å²) in [6.07, 6.45) is -1.27. The third kappa shape index (κ3) is 8.71. The van der Waals surface area contributed by atoms with Crippen LogP contribution in [0.3, 0.4) is 0 Å². The summed E-state index contributed by atoms with van der Waals surface area (Å²) in [6.45, 7) is 9.00. The van der Waals surface area contributed by atoms with Gasteiger partial charge >= 0.3 is 12.3 Å². The lowest BCUT2D eigenvalue weighted by atomic mass is 9.86. The van der Waals surface area contributed by atoms with Crippen molar-refractivity contribution in [1.29, 1.82) is 0 Å². The van der Waals surface area contributed by atoms with E-state index in [4.69, 9.17) is 9.47 Å². The second-order valence-corrected chi connectivity index (χ2v) is 19.2. The van der Waals surface area contributed by atoms with Crippen LogP contribution < -0.4 is 19.5 Å². The van der Waals surface area contributed by atoms with Crippen molar-refractivity contribution in [1.82, 2.24) is 24.8 Å². The summed E-state index contributed by atoms with van der Waals surface area (Å²) in [4.78, 5) is 61.6. The minimum atomic E-state index is -5.03. The highest BCUT2D eigenvalue weighted by Crippen LogP contribution is 2.48. The Morgan fingerprint density at radius 3 is 2.47 bits per heavy atom. The molecule has 2 saturated carbocycles. The average molecular weight is 836 g/mol. The number of ether oxygens (including phenoxy) is 2. The quantitative estimate of drug-likeness (QED) is 0.271. The minimum absolute atomic E-state index is 0.0570. The molecule has 18 heteroatoms. The zero-order valence-electron chi connectivity index (χ0n) is 33.4. The highest BCUT2D eigenvalue weighted by molar-refractivity contribution is 7.91. The summed E-state index contributed by atoms with van der Waals surface area (Å²) in [5.41, 5.74) is -1.71. The number of carbonyl (C=O) groups is 4. The lowest BCUT2D eigenvalue weighted by Crippen LogP contribution is -2.62. The number of nitrogens with one attached hydrogen (secondary N) is 2. The van der Waals surface area contributed by atoms with E-state index in [-0.39, 0.29) is 48.6 Å². The van der Waals surface area contributed by atoms with Gasteiger partial charge in [-0.2, -0.15) is 13.2 Å². The van der Waals surface area contributed by atoms with Crippen molar-refractivity contribution in [3.8, 4) is 11.6 Å². The monoisotopic (exact) mass is 835 g/mol. The molecule has 0 unspecified atom stereocenters. The SMILES string of the molecule is CC(C)Oc1ccc2c(O[C@@H]3C[C@H]4C(=O)N[C@]5(C(=O)NS(=O)(=O)C6(C)CC6)C[C@H]5C=CCC[C@H](C)C[C@@H](C)[C@H](N(C(=O)O)[C@H](C)C(F)(F)F)C(=O)N4C3)nccc2c1.